The Labute approximate surface area is 116 Å². The summed E-state index contributed by atoms with van der Waals surface area (Å²) in [5, 5.41) is 6.43. The number of fused-ring (bicyclic) bond motifs is 1. The third kappa shape index (κ3) is 3.27. The number of carbonyl (C=O) groups is 1. The lowest BCUT2D eigenvalue weighted by atomic mass is 9.85. The van der Waals surface area contributed by atoms with E-state index in [1.54, 1.807) is 7.11 Å². The fraction of sp³-hybridized carbons (Fsp3) is 0.929. The molecule has 0 radical (unpaired) electrons. The van der Waals surface area contributed by atoms with Crippen LogP contribution in [0.2, 0.25) is 0 Å². The summed E-state index contributed by atoms with van der Waals surface area (Å²) < 4.78 is 4.97. The zero-order valence-electron chi connectivity index (χ0n) is 12.4. The Morgan fingerprint density at radius 1 is 1.47 bits per heavy atom. The van der Waals surface area contributed by atoms with Crippen LogP contribution in [0.15, 0.2) is 0 Å². The standard InChI is InChI=1S/C14H27N3O2/c1-14(2)12-8-15-7-11(12)9-17(14)10-13(18)16-5-4-6-19-3/h11-12,15H,4-10H2,1-3H3,(H,16,18). The minimum atomic E-state index is 0.123. The number of hydrogen-bond donors (Lipinski definition) is 2. The fourth-order valence-electron chi connectivity index (χ4n) is 3.45. The Morgan fingerprint density at radius 2 is 2.26 bits per heavy atom. The van der Waals surface area contributed by atoms with Crippen LogP contribution < -0.4 is 10.6 Å². The van der Waals surface area contributed by atoms with E-state index in [9.17, 15) is 4.79 Å². The van der Waals surface area contributed by atoms with E-state index in [1.165, 1.54) is 0 Å². The van der Waals surface area contributed by atoms with Crippen molar-refractivity contribution in [2.45, 2.75) is 25.8 Å². The summed E-state index contributed by atoms with van der Waals surface area (Å²) in [6, 6.07) is 0. The van der Waals surface area contributed by atoms with E-state index in [4.69, 9.17) is 4.74 Å². The van der Waals surface area contributed by atoms with Crippen LogP contribution in [0.1, 0.15) is 20.3 Å². The van der Waals surface area contributed by atoms with Gasteiger partial charge in [-0.2, -0.15) is 0 Å². The van der Waals surface area contributed by atoms with Crippen LogP contribution in [0.25, 0.3) is 0 Å². The minimum absolute atomic E-state index is 0.123. The first-order chi connectivity index (χ1) is 9.05. The minimum Gasteiger partial charge on any atom is -0.385 e. The molecule has 2 atom stereocenters. The van der Waals surface area contributed by atoms with Gasteiger partial charge in [0, 0.05) is 38.9 Å². The fourth-order valence-corrected chi connectivity index (χ4v) is 3.45. The van der Waals surface area contributed by atoms with Crippen LogP contribution in [-0.4, -0.2) is 62.8 Å². The van der Waals surface area contributed by atoms with Gasteiger partial charge >= 0.3 is 0 Å². The zero-order chi connectivity index (χ0) is 13.9. The molecule has 2 heterocycles. The smallest absolute Gasteiger partial charge is 0.234 e. The summed E-state index contributed by atoms with van der Waals surface area (Å²) in [5.41, 5.74) is 0.123. The van der Waals surface area contributed by atoms with Crippen LogP contribution in [-0.2, 0) is 9.53 Å². The van der Waals surface area contributed by atoms with Crippen molar-refractivity contribution in [1.29, 1.82) is 0 Å². The van der Waals surface area contributed by atoms with Crippen molar-refractivity contribution in [3.05, 3.63) is 0 Å². The molecule has 2 rings (SSSR count). The van der Waals surface area contributed by atoms with Crippen LogP contribution >= 0.6 is 0 Å². The van der Waals surface area contributed by atoms with Crippen LogP contribution in [0.3, 0.4) is 0 Å². The molecule has 0 aromatic carbocycles. The van der Waals surface area contributed by atoms with Crippen molar-refractivity contribution >= 4 is 5.91 Å². The molecule has 0 aromatic heterocycles. The molecule has 2 unspecified atom stereocenters. The average Bonchev–Trinajstić information content (AvgIpc) is 2.90. The van der Waals surface area contributed by atoms with Crippen LogP contribution in [0.5, 0.6) is 0 Å². The lowest BCUT2D eigenvalue weighted by Gasteiger charge is -2.35. The maximum atomic E-state index is 12.0. The van der Waals surface area contributed by atoms with Crippen molar-refractivity contribution in [1.82, 2.24) is 15.5 Å². The first-order valence-corrected chi connectivity index (χ1v) is 7.27. The maximum Gasteiger partial charge on any atom is 0.234 e. The number of methoxy groups -OCH3 is 1. The molecule has 0 saturated carbocycles. The monoisotopic (exact) mass is 269 g/mol. The predicted molar refractivity (Wildman–Crippen MR) is 75.0 cm³/mol. The molecule has 5 heteroatoms. The summed E-state index contributed by atoms with van der Waals surface area (Å²) in [6.45, 7) is 9.68. The summed E-state index contributed by atoms with van der Waals surface area (Å²) in [4.78, 5) is 14.3. The first-order valence-electron chi connectivity index (χ1n) is 7.27. The molecule has 0 spiro atoms. The highest BCUT2D eigenvalue weighted by Crippen LogP contribution is 2.40. The van der Waals surface area contributed by atoms with Crippen molar-refractivity contribution in [3.8, 4) is 0 Å². The number of carbonyl (C=O) groups excluding carboxylic acids is 1. The molecule has 2 aliphatic heterocycles. The third-order valence-electron chi connectivity index (χ3n) is 4.70. The van der Waals surface area contributed by atoms with Gasteiger partial charge in [0.05, 0.1) is 6.54 Å². The Morgan fingerprint density at radius 3 is 2.95 bits per heavy atom. The van der Waals surface area contributed by atoms with Crippen LogP contribution in [0, 0.1) is 11.8 Å². The van der Waals surface area contributed by atoms with Gasteiger partial charge in [-0.05, 0) is 38.6 Å². The lowest BCUT2D eigenvalue weighted by Crippen LogP contribution is -2.48. The normalized spacial score (nSPS) is 29.4. The van der Waals surface area contributed by atoms with E-state index in [-0.39, 0.29) is 11.4 Å². The van der Waals surface area contributed by atoms with Crippen molar-refractivity contribution in [2.75, 3.05) is 46.4 Å². The number of ether oxygens (including phenoxy) is 1. The number of hydrogen-bond acceptors (Lipinski definition) is 4. The summed E-state index contributed by atoms with van der Waals surface area (Å²) >= 11 is 0. The van der Waals surface area contributed by atoms with E-state index in [0.29, 0.717) is 31.5 Å². The molecular formula is C14H27N3O2. The Hall–Kier alpha value is -0.650. The van der Waals surface area contributed by atoms with Gasteiger partial charge in [0.25, 0.3) is 0 Å². The van der Waals surface area contributed by atoms with E-state index >= 15 is 0 Å². The van der Waals surface area contributed by atoms with E-state index in [2.05, 4.69) is 29.4 Å². The molecular weight excluding hydrogens is 242 g/mol. The number of nitrogens with one attached hydrogen (secondary N) is 2. The lowest BCUT2D eigenvalue weighted by molar-refractivity contribution is -0.123. The van der Waals surface area contributed by atoms with Gasteiger partial charge in [-0.25, -0.2) is 0 Å². The maximum absolute atomic E-state index is 12.0. The molecule has 2 N–H and O–H groups in total. The van der Waals surface area contributed by atoms with E-state index in [0.717, 1.165) is 26.1 Å². The molecule has 1 amide bonds. The molecule has 110 valence electrons. The largest absolute Gasteiger partial charge is 0.385 e. The van der Waals surface area contributed by atoms with Crippen LogP contribution in [0.4, 0.5) is 0 Å². The zero-order valence-corrected chi connectivity index (χ0v) is 12.4. The molecule has 0 aromatic rings. The molecule has 0 aliphatic carbocycles. The number of amides is 1. The third-order valence-corrected chi connectivity index (χ3v) is 4.70. The molecule has 5 nitrogen and oxygen atoms in total. The van der Waals surface area contributed by atoms with Gasteiger partial charge in [-0.3, -0.25) is 9.69 Å². The second-order valence-electron chi connectivity index (χ2n) is 6.26. The number of likely N-dealkylation sites (tertiary alicyclic amines) is 1. The Bertz CT molecular complexity index is 320. The Kier molecular flexibility index (Phi) is 4.81. The van der Waals surface area contributed by atoms with E-state index < -0.39 is 0 Å². The highest BCUT2D eigenvalue weighted by atomic mass is 16.5. The average molecular weight is 269 g/mol. The summed E-state index contributed by atoms with van der Waals surface area (Å²) in [6.07, 6.45) is 0.876. The van der Waals surface area contributed by atoms with Gasteiger partial charge in [-0.1, -0.05) is 0 Å². The highest BCUT2D eigenvalue weighted by molar-refractivity contribution is 5.78. The van der Waals surface area contributed by atoms with Gasteiger partial charge in [0.2, 0.25) is 5.91 Å². The predicted octanol–water partition coefficient (Wildman–Crippen LogP) is 0.0689. The Balaban J connectivity index is 1.78. The quantitative estimate of drug-likeness (QED) is 0.670. The molecule has 2 fully saturated rings. The van der Waals surface area contributed by atoms with E-state index in [1.807, 2.05) is 0 Å². The van der Waals surface area contributed by atoms with Crippen molar-refractivity contribution in [3.63, 3.8) is 0 Å². The van der Waals surface area contributed by atoms with Gasteiger partial charge in [0.15, 0.2) is 0 Å². The molecule has 2 aliphatic rings. The van der Waals surface area contributed by atoms with Gasteiger partial charge in [-0.15, -0.1) is 0 Å². The van der Waals surface area contributed by atoms with Gasteiger partial charge in [0.1, 0.15) is 0 Å². The SMILES string of the molecule is COCCCNC(=O)CN1CC2CNCC2C1(C)C. The molecule has 19 heavy (non-hydrogen) atoms. The topological polar surface area (TPSA) is 53.6 Å². The second-order valence-corrected chi connectivity index (χ2v) is 6.26. The molecule has 2 saturated heterocycles. The number of nitrogens with zero attached hydrogens (tertiary/aromatic N) is 1. The molecule has 0 bridgehead atoms. The first kappa shape index (κ1) is 14.8. The van der Waals surface area contributed by atoms with Gasteiger partial charge < -0.3 is 15.4 Å². The number of rotatable bonds is 6. The highest BCUT2D eigenvalue weighted by Gasteiger charge is 2.49. The summed E-state index contributed by atoms with van der Waals surface area (Å²) in [5.74, 6) is 1.52. The summed E-state index contributed by atoms with van der Waals surface area (Å²) in [7, 11) is 1.68. The van der Waals surface area contributed by atoms with Crippen molar-refractivity contribution < 1.29 is 9.53 Å². The second kappa shape index (κ2) is 6.20. The van der Waals surface area contributed by atoms with Crippen molar-refractivity contribution in [2.24, 2.45) is 11.8 Å².